The Morgan fingerprint density at radius 1 is 1.00 bits per heavy atom. The molecule has 1 aromatic heterocycles. The van der Waals surface area contributed by atoms with Crippen LogP contribution in [0.3, 0.4) is 0 Å². The average Bonchev–Trinajstić information content (AvgIpc) is 2.57. The van der Waals surface area contributed by atoms with Crippen LogP contribution in [0.25, 0.3) is 0 Å². The smallest absolute Gasteiger partial charge is 0.419 e. The minimum absolute atomic E-state index is 0.264. The lowest BCUT2D eigenvalue weighted by molar-refractivity contribution is -0.138. The fourth-order valence-electron chi connectivity index (χ4n) is 2.29. The molecule has 2 aromatic carbocycles. The van der Waals surface area contributed by atoms with E-state index >= 15 is 0 Å². The highest BCUT2D eigenvalue weighted by Gasteiger charge is 2.34. The second-order valence-corrected chi connectivity index (χ2v) is 5.33. The number of H-pyrrole nitrogens is 1. The van der Waals surface area contributed by atoms with Gasteiger partial charge in [0.25, 0.3) is 5.56 Å². The summed E-state index contributed by atoms with van der Waals surface area (Å²) in [6.07, 6.45) is -4.26. The van der Waals surface area contributed by atoms with Crippen molar-refractivity contribution >= 4 is 0 Å². The van der Waals surface area contributed by atoms with Crippen LogP contribution in [0.5, 0.6) is 11.5 Å². The number of rotatable bonds is 4. The molecule has 0 saturated heterocycles. The third kappa shape index (κ3) is 4.26. The van der Waals surface area contributed by atoms with Gasteiger partial charge in [0.15, 0.2) is 0 Å². The average molecular weight is 346 g/mol. The van der Waals surface area contributed by atoms with Gasteiger partial charge in [0.2, 0.25) is 0 Å². The van der Waals surface area contributed by atoms with Gasteiger partial charge in [0.1, 0.15) is 11.5 Å². The SMILES string of the molecule is O=c1ccc(Cc2ccc(C(F)(F)F)c(Oc3ccccc3)c2)n[nH]1. The Balaban J connectivity index is 1.94. The Morgan fingerprint density at radius 3 is 2.40 bits per heavy atom. The highest BCUT2D eigenvalue weighted by Crippen LogP contribution is 2.38. The Hall–Kier alpha value is -3.09. The van der Waals surface area contributed by atoms with Gasteiger partial charge in [-0.15, -0.1) is 0 Å². The van der Waals surface area contributed by atoms with E-state index in [1.807, 2.05) is 0 Å². The molecule has 0 bridgehead atoms. The summed E-state index contributed by atoms with van der Waals surface area (Å²) < 4.78 is 45.1. The Morgan fingerprint density at radius 2 is 1.76 bits per heavy atom. The van der Waals surface area contributed by atoms with Crippen molar-refractivity contribution in [2.75, 3.05) is 0 Å². The number of nitrogens with zero attached hydrogens (tertiary/aromatic N) is 1. The van der Waals surface area contributed by atoms with E-state index in [0.29, 0.717) is 17.0 Å². The number of benzene rings is 2. The molecular weight excluding hydrogens is 333 g/mol. The molecule has 0 spiro atoms. The third-order valence-electron chi connectivity index (χ3n) is 3.44. The zero-order chi connectivity index (χ0) is 17.9. The topological polar surface area (TPSA) is 55.0 Å². The van der Waals surface area contributed by atoms with Gasteiger partial charge in [-0.2, -0.15) is 18.3 Å². The molecule has 3 rings (SSSR count). The predicted octanol–water partition coefficient (Wildman–Crippen LogP) is 4.17. The van der Waals surface area contributed by atoms with Gasteiger partial charge in [0.05, 0.1) is 11.3 Å². The fraction of sp³-hybridized carbons (Fsp3) is 0.111. The molecule has 25 heavy (non-hydrogen) atoms. The van der Waals surface area contributed by atoms with Crippen LogP contribution in [0, 0.1) is 0 Å². The van der Waals surface area contributed by atoms with Gasteiger partial charge in [-0.25, -0.2) is 5.10 Å². The number of aromatic amines is 1. The Labute approximate surface area is 140 Å². The maximum Gasteiger partial charge on any atom is 0.419 e. The summed E-state index contributed by atoms with van der Waals surface area (Å²) >= 11 is 0. The summed E-state index contributed by atoms with van der Waals surface area (Å²) in [6.45, 7) is 0. The number of ether oxygens (including phenoxy) is 1. The lowest BCUT2D eigenvalue weighted by atomic mass is 10.1. The number of hydrogen-bond donors (Lipinski definition) is 1. The molecule has 1 heterocycles. The summed E-state index contributed by atoms with van der Waals surface area (Å²) in [5.74, 6) is 0.0351. The van der Waals surface area contributed by atoms with Gasteiger partial charge in [-0.05, 0) is 35.9 Å². The Kier molecular flexibility index (Phi) is 4.56. The van der Waals surface area contributed by atoms with E-state index in [2.05, 4.69) is 10.2 Å². The van der Waals surface area contributed by atoms with Crippen molar-refractivity contribution in [3.05, 3.63) is 87.8 Å². The second-order valence-electron chi connectivity index (χ2n) is 5.33. The highest BCUT2D eigenvalue weighted by molar-refractivity contribution is 5.43. The molecule has 0 unspecified atom stereocenters. The van der Waals surface area contributed by atoms with Gasteiger partial charge in [-0.3, -0.25) is 4.79 Å². The van der Waals surface area contributed by atoms with Crippen molar-refractivity contribution < 1.29 is 17.9 Å². The van der Waals surface area contributed by atoms with Crippen LogP contribution in [0.1, 0.15) is 16.8 Å². The maximum atomic E-state index is 13.2. The van der Waals surface area contributed by atoms with Crippen molar-refractivity contribution in [2.24, 2.45) is 0 Å². The monoisotopic (exact) mass is 346 g/mol. The molecule has 7 heteroatoms. The molecular formula is C18H13F3N2O2. The van der Waals surface area contributed by atoms with Crippen LogP contribution in [0.15, 0.2) is 65.5 Å². The molecule has 0 aliphatic rings. The molecule has 128 valence electrons. The van der Waals surface area contributed by atoms with Crippen molar-refractivity contribution in [2.45, 2.75) is 12.6 Å². The summed E-state index contributed by atoms with van der Waals surface area (Å²) in [7, 11) is 0. The third-order valence-corrected chi connectivity index (χ3v) is 3.44. The van der Waals surface area contributed by atoms with Crippen molar-refractivity contribution in [3.8, 4) is 11.5 Å². The number of hydrogen-bond acceptors (Lipinski definition) is 3. The first-order chi connectivity index (χ1) is 11.9. The van der Waals surface area contributed by atoms with Crippen LogP contribution in [-0.4, -0.2) is 10.2 Å². The lowest BCUT2D eigenvalue weighted by Gasteiger charge is -2.15. The van der Waals surface area contributed by atoms with E-state index in [1.54, 1.807) is 30.3 Å². The number of nitrogens with one attached hydrogen (secondary N) is 1. The first-order valence-electron chi connectivity index (χ1n) is 7.39. The van der Waals surface area contributed by atoms with E-state index in [0.717, 1.165) is 6.07 Å². The second kappa shape index (κ2) is 6.80. The van der Waals surface area contributed by atoms with Crippen LogP contribution < -0.4 is 10.3 Å². The molecule has 0 atom stereocenters. The van der Waals surface area contributed by atoms with E-state index in [9.17, 15) is 18.0 Å². The summed E-state index contributed by atoms with van der Waals surface area (Å²) in [6, 6.07) is 14.8. The molecule has 0 saturated carbocycles. The minimum Gasteiger partial charge on any atom is -0.457 e. The number of aromatic nitrogens is 2. The maximum absolute atomic E-state index is 13.2. The lowest BCUT2D eigenvalue weighted by Crippen LogP contribution is -2.09. The largest absolute Gasteiger partial charge is 0.457 e. The molecule has 0 amide bonds. The summed E-state index contributed by atoms with van der Waals surface area (Å²) in [5, 5.41) is 6.15. The van der Waals surface area contributed by atoms with Gasteiger partial charge in [-0.1, -0.05) is 24.3 Å². The summed E-state index contributed by atoms with van der Waals surface area (Å²) in [5.41, 5.74) is -0.0812. The number of alkyl halides is 3. The zero-order valence-electron chi connectivity index (χ0n) is 12.9. The standard InChI is InChI=1S/C18H13F3N2O2/c19-18(20,21)15-8-6-12(10-13-7-9-17(24)23-22-13)11-16(15)25-14-4-2-1-3-5-14/h1-9,11H,10H2,(H,23,24). The van der Waals surface area contributed by atoms with Crippen LogP contribution >= 0.6 is 0 Å². The first-order valence-corrected chi connectivity index (χ1v) is 7.39. The summed E-state index contributed by atoms with van der Waals surface area (Å²) in [4.78, 5) is 11.0. The minimum atomic E-state index is -4.53. The van der Waals surface area contributed by atoms with Gasteiger partial charge in [0, 0.05) is 12.5 Å². The quantitative estimate of drug-likeness (QED) is 0.771. The molecule has 0 fully saturated rings. The molecule has 3 aromatic rings. The van der Waals surface area contributed by atoms with E-state index in [4.69, 9.17) is 4.74 Å². The highest BCUT2D eigenvalue weighted by atomic mass is 19.4. The van der Waals surface area contributed by atoms with E-state index in [-0.39, 0.29) is 17.7 Å². The van der Waals surface area contributed by atoms with Crippen molar-refractivity contribution in [3.63, 3.8) is 0 Å². The zero-order valence-corrected chi connectivity index (χ0v) is 12.9. The molecule has 0 radical (unpaired) electrons. The molecule has 1 N–H and O–H groups in total. The first kappa shape index (κ1) is 16.8. The molecule has 0 aliphatic heterocycles. The van der Waals surface area contributed by atoms with Crippen LogP contribution in [-0.2, 0) is 12.6 Å². The number of para-hydroxylation sites is 1. The molecule has 4 nitrogen and oxygen atoms in total. The normalized spacial score (nSPS) is 11.3. The van der Waals surface area contributed by atoms with Crippen LogP contribution in [0.2, 0.25) is 0 Å². The van der Waals surface area contributed by atoms with E-state index in [1.165, 1.54) is 24.3 Å². The van der Waals surface area contributed by atoms with Gasteiger partial charge >= 0.3 is 6.18 Å². The van der Waals surface area contributed by atoms with Crippen molar-refractivity contribution in [1.29, 1.82) is 0 Å². The van der Waals surface area contributed by atoms with Crippen LogP contribution in [0.4, 0.5) is 13.2 Å². The predicted molar refractivity (Wildman–Crippen MR) is 85.6 cm³/mol. The van der Waals surface area contributed by atoms with Gasteiger partial charge < -0.3 is 4.74 Å². The Bertz CT molecular complexity index is 901. The fourth-order valence-corrected chi connectivity index (χ4v) is 2.29. The van der Waals surface area contributed by atoms with E-state index < -0.39 is 11.7 Å². The number of halogens is 3. The van der Waals surface area contributed by atoms with Crippen molar-refractivity contribution in [1.82, 2.24) is 10.2 Å². The molecule has 0 aliphatic carbocycles.